The van der Waals surface area contributed by atoms with Crippen molar-refractivity contribution in [3.05, 3.63) is 23.3 Å². The van der Waals surface area contributed by atoms with Crippen molar-refractivity contribution in [1.82, 2.24) is 15.5 Å². The van der Waals surface area contributed by atoms with E-state index in [1.54, 1.807) is 14.2 Å². The fourth-order valence-corrected chi connectivity index (χ4v) is 3.83. The highest BCUT2D eigenvalue weighted by molar-refractivity contribution is 14.0. The van der Waals surface area contributed by atoms with E-state index in [1.165, 1.54) is 5.56 Å². The molecule has 0 spiro atoms. The van der Waals surface area contributed by atoms with Crippen LogP contribution in [0.2, 0.25) is 0 Å². The number of halogens is 3. The monoisotopic (exact) mass is 524 g/mol. The summed E-state index contributed by atoms with van der Waals surface area (Å²) in [7, 11) is 3.40. The Hall–Kier alpha value is -1.36. The van der Waals surface area contributed by atoms with E-state index in [4.69, 9.17) is 9.47 Å². The van der Waals surface area contributed by atoms with Gasteiger partial charge in [-0.25, -0.2) is 8.78 Å². The lowest BCUT2D eigenvalue weighted by atomic mass is 10.1. The number of benzene rings is 1. The van der Waals surface area contributed by atoms with Gasteiger partial charge in [-0.15, -0.1) is 24.0 Å². The number of piperidine rings is 1. The highest BCUT2D eigenvalue weighted by Gasteiger charge is 2.23. The smallest absolute Gasteiger partial charge is 0.251 e. The van der Waals surface area contributed by atoms with E-state index in [0.29, 0.717) is 25.6 Å². The molecular weight excluding hydrogens is 493 g/mol. The molecule has 1 saturated heterocycles. The minimum absolute atomic E-state index is 0. The van der Waals surface area contributed by atoms with Gasteiger partial charge in [0.2, 0.25) is 0 Å². The number of nitrogens with one attached hydrogen (secondary N) is 2. The number of methoxy groups -OCH3 is 1. The quantitative estimate of drug-likeness (QED) is 0.341. The van der Waals surface area contributed by atoms with Crippen molar-refractivity contribution in [2.45, 2.75) is 51.3 Å². The number of nitrogens with zero attached hydrogens (tertiary/aromatic N) is 2. The molecule has 6 nitrogen and oxygen atoms in total. The Balaban J connectivity index is 0.00000300. The summed E-state index contributed by atoms with van der Waals surface area (Å²) in [4.78, 5) is 6.11. The molecule has 1 aromatic rings. The number of aliphatic imine (C=N–C) groups is 1. The van der Waals surface area contributed by atoms with Gasteiger partial charge in [-0.05, 0) is 31.9 Å². The minimum atomic E-state index is -2.27. The van der Waals surface area contributed by atoms with Crippen LogP contribution in [-0.2, 0) is 13.0 Å². The van der Waals surface area contributed by atoms with Crippen molar-refractivity contribution in [3.8, 4) is 11.5 Å². The zero-order chi connectivity index (χ0) is 20.1. The van der Waals surface area contributed by atoms with Crippen LogP contribution in [0.1, 0.15) is 30.9 Å². The van der Waals surface area contributed by atoms with Crippen molar-refractivity contribution >= 4 is 29.9 Å². The second kappa shape index (κ2) is 11.1. The van der Waals surface area contributed by atoms with Crippen LogP contribution in [0.4, 0.5) is 8.78 Å². The molecule has 0 amide bonds. The molecule has 0 aromatic heterocycles. The van der Waals surface area contributed by atoms with E-state index < -0.39 is 6.43 Å². The Morgan fingerprint density at radius 3 is 2.69 bits per heavy atom. The molecule has 2 heterocycles. The molecule has 0 radical (unpaired) electrons. The second-order valence-corrected chi connectivity index (χ2v) is 7.44. The lowest BCUT2D eigenvalue weighted by molar-refractivity contribution is 0.0744. The number of hydrogen-bond donors (Lipinski definition) is 2. The van der Waals surface area contributed by atoms with Crippen LogP contribution < -0.4 is 20.1 Å². The summed E-state index contributed by atoms with van der Waals surface area (Å²) in [5.41, 5.74) is 2.18. The SMILES string of the molecule is CN=C(NCc1cc2c(cc1OC)CC(C)O2)NC1CCN(CC(F)F)CC1.I. The molecule has 0 aliphatic carbocycles. The summed E-state index contributed by atoms with van der Waals surface area (Å²) in [6.07, 6.45) is 0.455. The molecule has 164 valence electrons. The average molecular weight is 524 g/mol. The standard InChI is InChI=1S/C20H30F2N4O2.HI/c1-13-8-14-9-17(27-3)15(10-18(14)28-13)11-24-20(23-2)25-16-4-6-26(7-5-16)12-19(21)22;/h9-10,13,16,19H,4-8,11-12H2,1-3H3,(H2,23,24,25);1H. The van der Waals surface area contributed by atoms with E-state index in [1.807, 2.05) is 17.0 Å². The van der Waals surface area contributed by atoms with Crippen LogP contribution in [0, 0.1) is 0 Å². The van der Waals surface area contributed by atoms with E-state index in [2.05, 4.69) is 22.5 Å². The van der Waals surface area contributed by atoms with Crippen molar-refractivity contribution in [3.63, 3.8) is 0 Å². The Labute approximate surface area is 188 Å². The molecule has 0 bridgehead atoms. The molecule has 1 aromatic carbocycles. The number of alkyl halides is 2. The highest BCUT2D eigenvalue weighted by Crippen LogP contribution is 2.34. The van der Waals surface area contributed by atoms with Gasteiger partial charge in [0.25, 0.3) is 6.43 Å². The van der Waals surface area contributed by atoms with Crippen molar-refractivity contribution in [1.29, 1.82) is 0 Å². The van der Waals surface area contributed by atoms with Crippen LogP contribution in [0.15, 0.2) is 17.1 Å². The minimum Gasteiger partial charge on any atom is -0.496 e. The first-order chi connectivity index (χ1) is 13.5. The zero-order valence-electron chi connectivity index (χ0n) is 17.2. The van der Waals surface area contributed by atoms with E-state index in [9.17, 15) is 8.78 Å². The third-order valence-electron chi connectivity index (χ3n) is 5.29. The predicted molar refractivity (Wildman–Crippen MR) is 121 cm³/mol. The van der Waals surface area contributed by atoms with Gasteiger partial charge in [0.05, 0.1) is 13.7 Å². The maximum atomic E-state index is 12.5. The third-order valence-corrected chi connectivity index (χ3v) is 5.29. The van der Waals surface area contributed by atoms with Gasteiger partial charge >= 0.3 is 0 Å². The molecule has 2 aliphatic rings. The normalized spacial score (nSPS) is 20.1. The Morgan fingerprint density at radius 1 is 1.34 bits per heavy atom. The lowest BCUT2D eigenvalue weighted by Crippen LogP contribution is -2.49. The molecule has 0 saturated carbocycles. The molecule has 3 rings (SSSR count). The predicted octanol–water partition coefficient (Wildman–Crippen LogP) is 3.03. The van der Waals surface area contributed by atoms with Crippen molar-refractivity contribution in [2.75, 3.05) is 33.8 Å². The molecule has 1 atom stereocenters. The van der Waals surface area contributed by atoms with Gasteiger partial charge in [0.1, 0.15) is 17.6 Å². The summed E-state index contributed by atoms with van der Waals surface area (Å²) in [5, 5.41) is 6.72. The number of fused-ring (bicyclic) bond motifs is 1. The van der Waals surface area contributed by atoms with E-state index in [0.717, 1.165) is 36.3 Å². The molecule has 29 heavy (non-hydrogen) atoms. The maximum Gasteiger partial charge on any atom is 0.251 e. The maximum absolute atomic E-state index is 12.5. The largest absolute Gasteiger partial charge is 0.496 e. The van der Waals surface area contributed by atoms with Crippen LogP contribution >= 0.6 is 24.0 Å². The van der Waals surface area contributed by atoms with E-state index in [-0.39, 0.29) is 42.7 Å². The molecule has 2 N–H and O–H groups in total. The van der Waals surface area contributed by atoms with Crippen LogP contribution in [0.25, 0.3) is 0 Å². The molecular formula is C20H31F2IN4O2. The average Bonchev–Trinajstić information content (AvgIpc) is 3.04. The van der Waals surface area contributed by atoms with Gasteiger partial charge in [-0.2, -0.15) is 0 Å². The zero-order valence-corrected chi connectivity index (χ0v) is 19.5. The molecule has 1 unspecified atom stereocenters. The Bertz CT molecular complexity index is 697. The van der Waals surface area contributed by atoms with Gasteiger partial charge < -0.3 is 20.1 Å². The first-order valence-electron chi connectivity index (χ1n) is 9.82. The second-order valence-electron chi connectivity index (χ2n) is 7.44. The van der Waals surface area contributed by atoms with Gasteiger partial charge in [-0.3, -0.25) is 9.89 Å². The van der Waals surface area contributed by atoms with Crippen LogP contribution in [-0.4, -0.2) is 63.2 Å². The van der Waals surface area contributed by atoms with E-state index >= 15 is 0 Å². The van der Waals surface area contributed by atoms with Crippen molar-refractivity contribution < 1.29 is 18.3 Å². The Morgan fingerprint density at radius 2 is 2.07 bits per heavy atom. The summed E-state index contributed by atoms with van der Waals surface area (Å²) >= 11 is 0. The summed E-state index contributed by atoms with van der Waals surface area (Å²) in [6, 6.07) is 4.30. The summed E-state index contributed by atoms with van der Waals surface area (Å²) in [5.74, 6) is 2.45. The Kier molecular flexibility index (Phi) is 9.19. The molecule has 1 fully saturated rings. The van der Waals surface area contributed by atoms with Gasteiger partial charge in [-0.1, -0.05) is 0 Å². The summed E-state index contributed by atoms with van der Waals surface area (Å²) < 4.78 is 36.4. The topological polar surface area (TPSA) is 58.1 Å². The molecule has 9 heteroatoms. The molecule has 2 aliphatic heterocycles. The van der Waals surface area contributed by atoms with Gasteiger partial charge in [0.15, 0.2) is 5.96 Å². The fourth-order valence-electron chi connectivity index (χ4n) is 3.83. The lowest BCUT2D eigenvalue weighted by Gasteiger charge is -2.32. The first kappa shape index (κ1) is 23.9. The highest BCUT2D eigenvalue weighted by atomic mass is 127. The summed E-state index contributed by atoms with van der Waals surface area (Å²) in [6.45, 7) is 3.82. The number of ether oxygens (including phenoxy) is 2. The number of likely N-dealkylation sites (tertiary alicyclic amines) is 1. The van der Waals surface area contributed by atoms with Crippen LogP contribution in [0.3, 0.4) is 0 Å². The van der Waals surface area contributed by atoms with Crippen LogP contribution in [0.5, 0.6) is 11.5 Å². The van der Waals surface area contributed by atoms with Gasteiger partial charge in [0, 0.05) is 50.3 Å². The number of hydrogen-bond acceptors (Lipinski definition) is 4. The first-order valence-corrected chi connectivity index (χ1v) is 9.82. The number of rotatable bonds is 6. The van der Waals surface area contributed by atoms with Crippen molar-refractivity contribution in [2.24, 2.45) is 4.99 Å². The fraction of sp³-hybridized carbons (Fsp3) is 0.650. The number of guanidine groups is 1. The third kappa shape index (κ3) is 6.56.